The molecule has 7 nitrogen and oxygen atoms in total. The van der Waals surface area contributed by atoms with Crippen LogP contribution in [0.5, 0.6) is 0 Å². The summed E-state index contributed by atoms with van der Waals surface area (Å²) >= 11 is 0. The number of carbonyl (C=O) groups is 2. The average Bonchev–Trinajstić information content (AvgIpc) is 3.10. The van der Waals surface area contributed by atoms with Gasteiger partial charge in [0.25, 0.3) is 6.01 Å². The summed E-state index contributed by atoms with van der Waals surface area (Å²) in [4.78, 5) is 32.5. The van der Waals surface area contributed by atoms with E-state index in [1.807, 2.05) is 54.0 Å². The summed E-state index contributed by atoms with van der Waals surface area (Å²) in [5, 5.41) is 9.37. The largest absolute Gasteiger partial charge is 1.00 e. The van der Waals surface area contributed by atoms with Crippen molar-refractivity contribution in [3.63, 3.8) is 0 Å². The maximum Gasteiger partial charge on any atom is 1.00 e. The van der Waals surface area contributed by atoms with Crippen molar-refractivity contribution in [2.45, 2.75) is 32.5 Å². The second-order valence-electron chi connectivity index (χ2n) is 7.09. The molecule has 2 heterocycles. The zero-order chi connectivity index (χ0) is 19.8. The quantitative estimate of drug-likeness (QED) is 0.647. The molecular formula is C21H22LiN3O4. The molecule has 1 saturated heterocycles. The standard InChI is InChI=1S/C21H21N3O4.Li.H/c1-13-11-23(12-15-7-4-3-5-8-15)19(25)14(2)24(13)21-22-18-16(20(26)27)9-6-10-17(18)28-21;;/h3-10,13-14H,11-12H2,1-2H3,(H,26,27);;/q;+1;-1/t13-,14-;;/m0../s1. The SMILES string of the molecule is C[C@H]1CN(Cc2ccccc2)C(=O)[C@H](C)N1c1nc2c(C(=O)O)cccc2o1.[H-].[Li+]. The van der Waals surface area contributed by atoms with Gasteiger partial charge in [-0.2, -0.15) is 4.98 Å². The maximum atomic E-state index is 13.0. The fourth-order valence-electron chi connectivity index (χ4n) is 3.78. The summed E-state index contributed by atoms with van der Waals surface area (Å²) in [5.74, 6) is -1.07. The van der Waals surface area contributed by atoms with Crippen molar-refractivity contribution >= 4 is 29.0 Å². The number of para-hydroxylation sites is 1. The molecule has 0 aliphatic carbocycles. The molecule has 1 fully saturated rings. The van der Waals surface area contributed by atoms with E-state index in [0.717, 1.165) is 5.56 Å². The van der Waals surface area contributed by atoms with Gasteiger partial charge >= 0.3 is 24.8 Å². The maximum absolute atomic E-state index is 13.0. The Kier molecular flexibility index (Phi) is 6.01. The third-order valence-electron chi connectivity index (χ3n) is 5.12. The molecule has 3 aromatic rings. The van der Waals surface area contributed by atoms with Crippen molar-refractivity contribution in [3.8, 4) is 0 Å². The topological polar surface area (TPSA) is 86.9 Å². The van der Waals surface area contributed by atoms with Crippen LogP contribution in [0.25, 0.3) is 11.1 Å². The normalized spacial score (nSPS) is 19.3. The number of aromatic nitrogens is 1. The first-order chi connectivity index (χ1) is 13.5. The van der Waals surface area contributed by atoms with E-state index in [1.165, 1.54) is 6.07 Å². The van der Waals surface area contributed by atoms with Crippen molar-refractivity contribution in [2.24, 2.45) is 0 Å². The summed E-state index contributed by atoms with van der Waals surface area (Å²) in [6, 6.07) is 14.5. The number of amides is 1. The molecule has 1 aromatic heterocycles. The number of fused-ring (bicyclic) bond motifs is 1. The summed E-state index contributed by atoms with van der Waals surface area (Å²) in [7, 11) is 0. The first kappa shape index (κ1) is 21.0. The first-order valence-electron chi connectivity index (χ1n) is 9.19. The van der Waals surface area contributed by atoms with Gasteiger partial charge in [-0.25, -0.2) is 4.79 Å². The molecule has 0 bridgehead atoms. The molecular weight excluding hydrogens is 365 g/mol. The molecule has 0 spiro atoms. The smallest absolute Gasteiger partial charge is 1.00 e. The van der Waals surface area contributed by atoms with Gasteiger partial charge < -0.3 is 20.8 Å². The van der Waals surface area contributed by atoms with Crippen LogP contribution in [-0.4, -0.2) is 45.5 Å². The molecule has 2 atom stereocenters. The van der Waals surface area contributed by atoms with Crippen molar-refractivity contribution < 1.29 is 39.4 Å². The number of rotatable bonds is 4. The Labute approximate surface area is 182 Å². The number of nitrogens with zero attached hydrogens (tertiary/aromatic N) is 3. The number of anilines is 1. The Morgan fingerprint density at radius 3 is 2.62 bits per heavy atom. The number of carbonyl (C=O) groups excluding carboxylic acids is 1. The van der Waals surface area contributed by atoms with E-state index in [-0.39, 0.29) is 43.8 Å². The molecule has 0 unspecified atom stereocenters. The van der Waals surface area contributed by atoms with Gasteiger partial charge in [-0.05, 0) is 31.5 Å². The van der Waals surface area contributed by atoms with Gasteiger partial charge in [-0.3, -0.25) is 4.79 Å². The number of carboxylic acid groups (broad SMARTS) is 1. The Morgan fingerprint density at radius 2 is 1.93 bits per heavy atom. The van der Waals surface area contributed by atoms with Gasteiger partial charge in [0, 0.05) is 19.1 Å². The Morgan fingerprint density at radius 1 is 1.21 bits per heavy atom. The number of carboxylic acids is 1. The fourth-order valence-corrected chi connectivity index (χ4v) is 3.78. The molecule has 0 saturated carbocycles. The molecule has 1 N–H and O–H groups in total. The minimum Gasteiger partial charge on any atom is -1.00 e. The first-order valence-corrected chi connectivity index (χ1v) is 9.19. The third-order valence-corrected chi connectivity index (χ3v) is 5.12. The zero-order valence-corrected chi connectivity index (χ0v) is 16.7. The second kappa shape index (κ2) is 8.32. The minimum absolute atomic E-state index is 0. The van der Waals surface area contributed by atoms with E-state index in [1.54, 1.807) is 12.1 Å². The van der Waals surface area contributed by atoms with Crippen molar-refractivity contribution in [2.75, 3.05) is 11.4 Å². The molecule has 29 heavy (non-hydrogen) atoms. The van der Waals surface area contributed by atoms with E-state index >= 15 is 0 Å². The van der Waals surface area contributed by atoms with Gasteiger partial charge in [-0.15, -0.1) is 0 Å². The number of benzene rings is 2. The molecule has 1 aliphatic rings. The van der Waals surface area contributed by atoms with Crippen molar-refractivity contribution in [1.82, 2.24) is 9.88 Å². The van der Waals surface area contributed by atoms with Gasteiger partial charge in [0.2, 0.25) is 5.91 Å². The van der Waals surface area contributed by atoms with Crippen LogP contribution in [0.15, 0.2) is 52.9 Å². The van der Waals surface area contributed by atoms with Crippen LogP contribution in [0.3, 0.4) is 0 Å². The van der Waals surface area contributed by atoms with Crippen LogP contribution in [-0.2, 0) is 11.3 Å². The number of hydrogen-bond acceptors (Lipinski definition) is 5. The van der Waals surface area contributed by atoms with E-state index in [4.69, 9.17) is 4.42 Å². The molecule has 146 valence electrons. The monoisotopic (exact) mass is 387 g/mol. The molecule has 2 aromatic carbocycles. The molecule has 8 heteroatoms. The van der Waals surface area contributed by atoms with E-state index in [2.05, 4.69) is 4.98 Å². The van der Waals surface area contributed by atoms with Gasteiger partial charge in [0.15, 0.2) is 5.58 Å². The van der Waals surface area contributed by atoms with Gasteiger partial charge in [0.1, 0.15) is 11.6 Å². The number of aromatic carboxylic acids is 1. The summed E-state index contributed by atoms with van der Waals surface area (Å²) in [5.41, 5.74) is 1.86. The van der Waals surface area contributed by atoms with Crippen LogP contribution < -0.4 is 23.8 Å². The van der Waals surface area contributed by atoms with Crippen LogP contribution in [0.1, 0.15) is 31.2 Å². The number of oxazole rings is 1. The third kappa shape index (κ3) is 3.89. The summed E-state index contributed by atoms with van der Waals surface area (Å²) in [6.07, 6.45) is 0. The predicted octanol–water partition coefficient (Wildman–Crippen LogP) is 0.268. The average molecular weight is 387 g/mol. The van der Waals surface area contributed by atoms with E-state index < -0.39 is 12.0 Å². The molecule has 4 rings (SSSR count). The summed E-state index contributed by atoms with van der Waals surface area (Å²) < 4.78 is 5.82. The Bertz CT molecular complexity index is 1040. The van der Waals surface area contributed by atoms with E-state index in [0.29, 0.717) is 24.2 Å². The molecule has 1 amide bonds. The summed E-state index contributed by atoms with van der Waals surface area (Å²) in [6.45, 7) is 4.92. The number of piperazine rings is 1. The van der Waals surface area contributed by atoms with Crippen molar-refractivity contribution in [3.05, 3.63) is 59.7 Å². The Balaban J connectivity index is 0.00000160. The van der Waals surface area contributed by atoms with Crippen molar-refractivity contribution in [1.29, 1.82) is 0 Å². The Hall–Kier alpha value is -2.75. The molecule has 1 aliphatic heterocycles. The van der Waals surface area contributed by atoms with Crippen LogP contribution in [0.4, 0.5) is 6.01 Å². The minimum atomic E-state index is -1.06. The molecule has 0 radical (unpaired) electrons. The van der Waals surface area contributed by atoms with Gasteiger partial charge in [0.05, 0.1) is 5.56 Å². The van der Waals surface area contributed by atoms with E-state index in [9.17, 15) is 14.7 Å². The predicted molar refractivity (Wildman–Crippen MR) is 105 cm³/mol. The fraction of sp³-hybridized carbons (Fsp3) is 0.286. The van der Waals surface area contributed by atoms with Crippen LogP contribution >= 0.6 is 0 Å². The zero-order valence-electron chi connectivity index (χ0n) is 17.7. The van der Waals surface area contributed by atoms with Crippen LogP contribution in [0.2, 0.25) is 0 Å². The van der Waals surface area contributed by atoms with Gasteiger partial charge in [-0.1, -0.05) is 36.4 Å². The van der Waals surface area contributed by atoms with Crippen LogP contribution in [0, 0.1) is 0 Å². The second-order valence-corrected chi connectivity index (χ2v) is 7.09. The number of hydrogen-bond donors (Lipinski definition) is 1.